The molecule has 0 bridgehead atoms. The van der Waals surface area contributed by atoms with Crippen molar-refractivity contribution in [3.63, 3.8) is 0 Å². The standard InChI is InChI=1S/C15H25N/c1-5-6-11-16-14(4)13(3)15-10-8-7-9-12(15)2/h16H,3-11H2,1-2H3. The lowest BCUT2D eigenvalue weighted by molar-refractivity contribution is 0.670. The van der Waals surface area contributed by atoms with Gasteiger partial charge in [-0.25, -0.2) is 0 Å². The Bertz CT molecular complexity index is 297. The van der Waals surface area contributed by atoms with Crippen LogP contribution in [-0.4, -0.2) is 6.54 Å². The Morgan fingerprint density at radius 1 is 1.25 bits per heavy atom. The summed E-state index contributed by atoms with van der Waals surface area (Å²) in [6.45, 7) is 13.7. The van der Waals surface area contributed by atoms with Gasteiger partial charge in [0.05, 0.1) is 0 Å². The van der Waals surface area contributed by atoms with E-state index in [0.717, 1.165) is 17.8 Å². The lowest BCUT2D eigenvalue weighted by atomic mass is 9.87. The van der Waals surface area contributed by atoms with E-state index in [2.05, 4.69) is 32.3 Å². The summed E-state index contributed by atoms with van der Waals surface area (Å²) in [5, 5.41) is 3.37. The van der Waals surface area contributed by atoms with Crippen LogP contribution in [0.3, 0.4) is 0 Å². The molecule has 0 amide bonds. The summed E-state index contributed by atoms with van der Waals surface area (Å²) in [5.41, 5.74) is 5.10. The second-order valence-electron chi connectivity index (χ2n) is 4.70. The highest BCUT2D eigenvalue weighted by Gasteiger charge is 2.13. The first-order chi connectivity index (χ1) is 7.66. The zero-order chi connectivity index (χ0) is 12.0. The van der Waals surface area contributed by atoms with E-state index in [9.17, 15) is 0 Å². The largest absolute Gasteiger partial charge is 0.385 e. The lowest BCUT2D eigenvalue weighted by Gasteiger charge is -2.21. The van der Waals surface area contributed by atoms with Crippen molar-refractivity contribution in [2.24, 2.45) is 0 Å². The number of unbranched alkanes of at least 4 members (excludes halogenated alkanes) is 1. The minimum atomic E-state index is 1.01. The summed E-state index contributed by atoms with van der Waals surface area (Å²) < 4.78 is 0. The van der Waals surface area contributed by atoms with Crippen molar-refractivity contribution in [2.45, 2.75) is 52.4 Å². The highest BCUT2D eigenvalue weighted by Crippen LogP contribution is 2.30. The molecule has 0 spiro atoms. The molecule has 0 aromatic rings. The van der Waals surface area contributed by atoms with Crippen LogP contribution in [-0.2, 0) is 0 Å². The number of allylic oxidation sites excluding steroid dienone is 2. The fourth-order valence-corrected chi connectivity index (χ4v) is 2.17. The Balaban J connectivity index is 2.53. The van der Waals surface area contributed by atoms with Gasteiger partial charge < -0.3 is 5.32 Å². The molecule has 90 valence electrons. The predicted octanol–water partition coefficient (Wildman–Crippen LogP) is 4.34. The van der Waals surface area contributed by atoms with Gasteiger partial charge in [-0.1, -0.05) is 32.1 Å². The van der Waals surface area contributed by atoms with Crippen LogP contribution < -0.4 is 5.32 Å². The molecule has 0 saturated carbocycles. The quantitative estimate of drug-likeness (QED) is 0.517. The molecule has 16 heavy (non-hydrogen) atoms. The van der Waals surface area contributed by atoms with Crippen molar-refractivity contribution in [1.29, 1.82) is 0 Å². The van der Waals surface area contributed by atoms with Gasteiger partial charge in [-0.3, -0.25) is 0 Å². The molecule has 1 nitrogen and oxygen atoms in total. The Morgan fingerprint density at radius 2 is 1.94 bits per heavy atom. The lowest BCUT2D eigenvalue weighted by Crippen LogP contribution is -2.16. The summed E-state index contributed by atoms with van der Waals surface area (Å²) in [6, 6.07) is 0. The third-order valence-electron chi connectivity index (χ3n) is 3.34. The molecule has 0 atom stereocenters. The first-order valence-electron chi connectivity index (χ1n) is 6.47. The molecule has 0 unspecified atom stereocenters. The van der Waals surface area contributed by atoms with Gasteiger partial charge in [-0.05, 0) is 50.2 Å². The molecule has 0 aromatic carbocycles. The Morgan fingerprint density at radius 3 is 2.56 bits per heavy atom. The summed E-state index contributed by atoms with van der Waals surface area (Å²) in [7, 11) is 0. The fraction of sp³-hybridized carbons (Fsp3) is 0.600. The van der Waals surface area contributed by atoms with Crippen LogP contribution in [0.5, 0.6) is 0 Å². The topological polar surface area (TPSA) is 12.0 Å². The third-order valence-corrected chi connectivity index (χ3v) is 3.34. The van der Waals surface area contributed by atoms with Crippen molar-refractivity contribution < 1.29 is 0 Å². The minimum Gasteiger partial charge on any atom is -0.385 e. The normalized spacial score (nSPS) is 16.1. The molecular weight excluding hydrogens is 194 g/mol. The van der Waals surface area contributed by atoms with Crippen molar-refractivity contribution in [1.82, 2.24) is 5.32 Å². The van der Waals surface area contributed by atoms with Crippen LogP contribution in [0.2, 0.25) is 0 Å². The molecule has 0 aromatic heterocycles. The molecule has 0 radical (unpaired) electrons. The second kappa shape index (κ2) is 6.57. The molecule has 0 heterocycles. The Kier molecular flexibility index (Phi) is 5.37. The van der Waals surface area contributed by atoms with Gasteiger partial charge in [0.25, 0.3) is 0 Å². The predicted molar refractivity (Wildman–Crippen MR) is 72.4 cm³/mol. The van der Waals surface area contributed by atoms with E-state index in [-0.39, 0.29) is 0 Å². The zero-order valence-electron chi connectivity index (χ0n) is 10.9. The van der Waals surface area contributed by atoms with Gasteiger partial charge in [0, 0.05) is 12.2 Å². The molecule has 1 rings (SSSR count). The monoisotopic (exact) mass is 219 g/mol. The summed E-state index contributed by atoms with van der Waals surface area (Å²) in [4.78, 5) is 0. The second-order valence-corrected chi connectivity index (χ2v) is 4.70. The fourth-order valence-electron chi connectivity index (χ4n) is 2.17. The van der Waals surface area contributed by atoms with Crippen molar-refractivity contribution in [3.05, 3.63) is 35.6 Å². The number of nitrogens with one attached hydrogen (secondary N) is 1. The highest BCUT2D eigenvalue weighted by molar-refractivity contribution is 5.45. The van der Waals surface area contributed by atoms with E-state index < -0.39 is 0 Å². The van der Waals surface area contributed by atoms with Gasteiger partial charge in [0.2, 0.25) is 0 Å². The van der Waals surface area contributed by atoms with Crippen LogP contribution in [0.15, 0.2) is 35.6 Å². The van der Waals surface area contributed by atoms with Gasteiger partial charge >= 0.3 is 0 Å². The molecule has 1 heteroatoms. The first kappa shape index (κ1) is 13.1. The SMILES string of the molecule is C=C(NCCCC)C(=C)C1=C(C)CCCC1. The first-order valence-corrected chi connectivity index (χ1v) is 6.47. The molecule has 0 fully saturated rings. The van der Waals surface area contributed by atoms with Gasteiger partial charge in [0.1, 0.15) is 0 Å². The highest BCUT2D eigenvalue weighted by atomic mass is 14.9. The maximum atomic E-state index is 4.19. The van der Waals surface area contributed by atoms with E-state index in [1.165, 1.54) is 49.7 Å². The van der Waals surface area contributed by atoms with Crippen molar-refractivity contribution >= 4 is 0 Å². The van der Waals surface area contributed by atoms with Crippen LogP contribution in [0.25, 0.3) is 0 Å². The smallest absolute Gasteiger partial charge is 0.0337 e. The van der Waals surface area contributed by atoms with Crippen LogP contribution in [0.1, 0.15) is 52.4 Å². The Hall–Kier alpha value is -0.980. The summed E-state index contributed by atoms with van der Waals surface area (Å²) in [5.74, 6) is 0. The van der Waals surface area contributed by atoms with E-state index in [1.54, 1.807) is 0 Å². The van der Waals surface area contributed by atoms with Gasteiger partial charge in [-0.15, -0.1) is 0 Å². The average Bonchev–Trinajstić information content (AvgIpc) is 2.29. The van der Waals surface area contributed by atoms with Crippen molar-refractivity contribution in [3.8, 4) is 0 Å². The molecule has 1 aliphatic rings. The number of rotatable bonds is 6. The number of hydrogen-bond acceptors (Lipinski definition) is 1. The van der Waals surface area contributed by atoms with E-state index in [4.69, 9.17) is 0 Å². The number of hydrogen-bond donors (Lipinski definition) is 1. The summed E-state index contributed by atoms with van der Waals surface area (Å²) >= 11 is 0. The third kappa shape index (κ3) is 3.55. The molecule has 1 aliphatic carbocycles. The molecule has 1 N–H and O–H groups in total. The van der Waals surface area contributed by atoms with Gasteiger partial charge in [0.15, 0.2) is 0 Å². The Labute approximate surface area is 100 Å². The van der Waals surface area contributed by atoms with Crippen LogP contribution in [0, 0.1) is 0 Å². The minimum absolute atomic E-state index is 1.01. The van der Waals surface area contributed by atoms with Crippen LogP contribution in [0.4, 0.5) is 0 Å². The van der Waals surface area contributed by atoms with Crippen molar-refractivity contribution in [2.75, 3.05) is 6.54 Å². The zero-order valence-corrected chi connectivity index (χ0v) is 10.9. The van der Waals surface area contributed by atoms with E-state index in [1.807, 2.05) is 0 Å². The molecular formula is C15H25N. The molecule has 0 aliphatic heterocycles. The summed E-state index contributed by atoms with van der Waals surface area (Å²) in [6.07, 6.45) is 7.46. The average molecular weight is 219 g/mol. The molecule has 0 saturated heterocycles. The van der Waals surface area contributed by atoms with Gasteiger partial charge in [-0.2, -0.15) is 0 Å². The van der Waals surface area contributed by atoms with Crippen LogP contribution >= 0.6 is 0 Å². The maximum Gasteiger partial charge on any atom is 0.0337 e. The van der Waals surface area contributed by atoms with E-state index in [0.29, 0.717) is 0 Å². The van der Waals surface area contributed by atoms with E-state index >= 15 is 0 Å². The maximum absolute atomic E-state index is 4.19.